The van der Waals surface area contributed by atoms with Crippen molar-refractivity contribution < 1.29 is 13.2 Å². The highest BCUT2D eigenvalue weighted by Crippen LogP contribution is 2.20. The Labute approximate surface area is 142 Å². The van der Waals surface area contributed by atoms with Crippen molar-refractivity contribution in [2.24, 2.45) is 0 Å². The Hall–Kier alpha value is -1.67. The molecule has 0 aromatic carbocycles. The fourth-order valence-electron chi connectivity index (χ4n) is 2.99. The number of nitrogens with zero attached hydrogens (tertiary/aromatic N) is 3. The molecule has 24 heavy (non-hydrogen) atoms. The maximum absolute atomic E-state index is 12.6. The van der Waals surface area contributed by atoms with Gasteiger partial charge in [0, 0.05) is 38.9 Å². The zero-order valence-corrected chi connectivity index (χ0v) is 15.3. The third-order valence-corrected chi connectivity index (χ3v) is 6.26. The average molecular weight is 355 g/mol. The van der Waals surface area contributed by atoms with E-state index in [1.165, 1.54) is 37.0 Å². The summed E-state index contributed by atoms with van der Waals surface area (Å²) in [7, 11) is -0.791. The topological polar surface area (TPSA) is 79.7 Å². The van der Waals surface area contributed by atoms with Crippen LogP contribution in [0.3, 0.4) is 0 Å². The smallest absolute Gasteiger partial charge is 0.251 e. The molecule has 2 rings (SSSR count). The number of hydrogen-bond donors (Lipinski definition) is 0. The van der Waals surface area contributed by atoms with Crippen LogP contribution in [0, 0.1) is 0 Å². The molecular formula is C16H25N3O4S. The molecule has 1 aromatic rings. The van der Waals surface area contributed by atoms with E-state index in [4.69, 9.17) is 0 Å². The van der Waals surface area contributed by atoms with Crippen LogP contribution in [0.1, 0.15) is 32.6 Å². The first kappa shape index (κ1) is 18.7. The Kier molecular flexibility index (Phi) is 5.82. The monoisotopic (exact) mass is 355 g/mol. The lowest BCUT2D eigenvalue weighted by atomic mass is 10.00. The van der Waals surface area contributed by atoms with Crippen LogP contribution in [-0.4, -0.2) is 54.8 Å². The number of carbonyl (C=O) groups is 1. The third-order valence-electron chi connectivity index (χ3n) is 4.46. The zero-order chi connectivity index (χ0) is 17.9. The molecule has 134 valence electrons. The van der Waals surface area contributed by atoms with Gasteiger partial charge < -0.3 is 9.47 Å². The molecule has 2 heterocycles. The molecule has 0 bridgehead atoms. The molecule has 1 saturated heterocycles. The second kappa shape index (κ2) is 7.48. The standard InChI is InChI=1S/C16H25N3O4S/c1-4-13-7-5-6-10-19(13)16(21)12-18-11-14(8-9-15(18)20)24(22,23)17(2)3/h8-9,11,13H,4-7,10,12H2,1-3H3/t13-/m1/s1. The first-order valence-corrected chi connectivity index (χ1v) is 9.64. The summed E-state index contributed by atoms with van der Waals surface area (Å²) in [6.45, 7) is 2.61. The van der Waals surface area contributed by atoms with Crippen LogP contribution in [-0.2, 0) is 21.4 Å². The zero-order valence-electron chi connectivity index (χ0n) is 14.4. The van der Waals surface area contributed by atoms with Gasteiger partial charge in [0.25, 0.3) is 5.56 Å². The molecule has 7 nitrogen and oxygen atoms in total. The van der Waals surface area contributed by atoms with Gasteiger partial charge in [0.15, 0.2) is 0 Å². The lowest BCUT2D eigenvalue weighted by Gasteiger charge is -2.35. The highest BCUT2D eigenvalue weighted by atomic mass is 32.2. The summed E-state index contributed by atoms with van der Waals surface area (Å²) in [4.78, 5) is 26.4. The van der Waals surface area contributed by atoms with Crippen molar-refractivity contribution in [3.05, 3.63) is 28.7 Å². The van der Waals surface area contributed by atoms with Gasteiger partial charge in [0.1, 0.15) is 6.54 Å². The summed E-state index contributed by atoms with van der Waals surface area (Å²) in [5.41, 5.74) is -0.383. The van der Waals surface area contributed by atoms with E-state index in [0.29, 0.717) is 6.54 Å². The second-order valence-electron chi connectivity index (χ2n) is 6.26. The number of amides is 1. The average Bonchev–Trinajstić information content (AvgIpc) is 2.56. The number of aromatic nitrogens is 1. The number of piperidine rings is 1. The highest BCUT2D eigenvalue weighted by molar-refractivity contribution is 7.89. The van der Waals surface area contributed by atoms with Crippen molar-refractivity contribution >= 4 is 15.9 Å². The van der Waals surface area contributed by atoms with Crippen molar-refractivity contribution in [2.75, 3.05) is 20.6 Å². The molecular weight excluding hydrogens is 330 g/mol. The van der Waals surface area contributed by atoms with E-state index in [2.05, 4.69) is 0 Å². The number of sulfonamides is 1. The van der Waals surface area contributed by atoms with E-state index in [1.54, 1.807) is 0 Å². The summed E-state index contributed by atoms with van der Waals surface area (Å²) >= 11 is 0. The van der Waals surface area contributed by atoms with Crippen molar-refractivity contribution in [1.29, 1.82) is 0 Å². The van der Waals surface area contributed by atoms with Crippen LogP contribution in [0.15, 0.2) is 28.0 Å². The predicted octanol–water partition coefficient (Wildman–Crippen LogP) is 0.890. The van der Waals surface area contributed by atoms with Crippen molar-refractivity contribution in [3.8, 4) is 0 Å². The normalized spacial score (nSPS) is 18.8. The maximum atomic E-state index is 12.6. The summed E-state index contributed by atoms with van der Waals surface area (Å²) in [6, 6.07) is 2.67. The number of hydrogen-bond acceptors (Lipinski definition) is 4. The van der Waals surface area contributed by atoms with Crippen molar-refractivity contribution in [2.45, 2.75) is 50.1 Å². The molecule has 1 aromatic heterocycles. The Morgan fingerprint density at radius 3 is 2.62 bits per heavy atom. The molecule has 8 heteroatoms. The molecule has 0 spiro atoms. The molecule has 0 saturated carbocycles. The number of pyridine rings is 1. The second-order valence-corrected chi connectivity index (χ2v) is 8.42. The van der Waals surface area contributed by atoms with Crippen molar-refractivity contribution in [3.63, 3.8) is 0 Å². The van der Waals surface area contributed by atoms with E-state index in [1.807, 2.05) is 11.8 Å². The molecule has 1 aliphatic rings. The van der Waals surface area contributed by atoms with Gasteiger partial charge in [-0.15, -0.1) is 0 Å². The summed E-state index contributed by atoms with van der Waals surface area (Å²) < 4.78 is 26.7. The molecule has 0 radical (unpaired) electrons. The molecule has 1 aliphatic heterocycles. The van der Waals surface area contributed by atoms with Crippen LogP contribution in [0.5, 0.6) is 0 Å². The van der Waals surface area contributed by atoms with Gasteiger partial charge >= 0.3 is 0 Å². The molecule has 1 fully saturated rings. The van der Waals surface area contributed by atoms with E-state index in [-0.39, 0.29) is 28.9 Å². The first-order chi connectivity index (χ1) is 11.3. The Morgan fingerprint density at radius 2 is 2.00 bits per heavy atom. The predicted molar refractivity (Wildman–Crippen MR) is 91.2 cm³/mol. The molecule has 0 unspecified atom stereocenters. The van der Waals surface area contributed by atoms with Gasteiger partial charge in [-0.1, -0.05) is 6.92 Å². The van der Waals surface area contributed by atoms with E-state index in [9.17, 15) is 18.0 Å². The van der Waals surface area contributed by atoms with Crippen LogP contribution in [0.4, 0.5) is 0 Å². The Morgan fingerprint density at radius 1 is 1.29 bits per heavy atom. The Bertz CT molecular complexity index is 755. The van der Waals surface area contributed by atoms with Gasteiger partial charge in [0.05, 0.1) is 4.90 Å². The van der Waals surface area contributed by atoms with Crippen LogP contribution >= 0.6 is 0 Å². The van der Waals surface area contributed by atoms with Gasteiger partial charge in [-0.2, -0.15) is 0 Å². The van der Waals surface area contributed by atoms with E-state index < -0.39 is 10.0 Å². The third kappa shape index (κ3) is 3.87. The van der Waals surface area contributed by atoms with Gasteiger partial charge in [0.2, 0.25) is 15.9 Å². The summed E-state index contributed by atoms with van der Waals surface area (Å²) in [5, 5.41) is 0. The van der Waals surface area contributed by atoms with Gasteiger partial charge in [-0.3, -0.25) is 9.59 Å². The number of carbonyl (C=O) groups excluding carboxylic acids is 1. The largest absolute Gasteiger partial charge is 0.338 e. The van der Waals surface area contributed by atoms with Crippen molar-refractivity contribution in [1.82, 2.24) is 13.8 Å². The molecule has 0 N–H and O–H groups in total. The van der Waals surface area contributed by atoms with Crippen LogP contribution < -0.4 is 5.56 Å². The van der Waals surface area contributed by atoms with Gasteiger partial charge in [-0.25, -0.2) is 12.7 Å². The Balaban J connectivity index is 2.26. The number of likely N-dealkylation sites (tertiary alicyclic amines) is 1. The van der Waals surface area contributed by atoms with Crippen LogP contribution in [0.2, 0.25) is 0 Å². The van der Waals surface area contributed by atoms with Gasteiger partial charge in [-0.05, 0) is 31.7 Å². The van der Waals surface area contributed by atoms with E-state index in [0.717, 1.165) is 30.0 Å². The molecule has 0 aliphatic carbocycles. The fourth-order valence-corrected chi connectivity index (χ4v) is 3.91. The highest BCUT2D eigenvalue weighted by Gasteiger charge is 2.26. The number of rotatable bonds is 5. The lowest BCUT2D eigenvalue weighted by Crippen LogP contribution is -2.45. The summed E-state index contributed by atoms with van der Waals surface area (Å²) in [6.07, 6.45) is 5.19. The minimum absolute atomic E-state index is 0.00517. The van der Waals surface area contributed by atoms with E-state index >= 15 is 0 Å². The molecule has 1 atom stereocenters. The quantitative estimate of drug-likeness (QED) is 0.786. The summed E-state index contributed by atoms with van der Waals surface area (Å²) in [5.74, 6) is -0.136. The first-order valence-electron chi connectivity index (χ1n) is 8.20. The minimum atomic E-state index is -3.64. The lowest BCUT2D eigenvalue weighted by molar-refractivity contribution is -0.135. The SMILES string of the molecule is CC[C@@H]1CCCCN1C(=O)Cn1cc(S(=O)(=O)N(C)C)ccc1=O. The molecule has 1 amide bonds. The minimum Gasteiger partial charge on any atom is -0.338 e. The fraction of sp³-hybridized carbons (Fsp3) is 0.625. The maximum Gasteiger partial charge on any atom is 0.251 e. The van der Waals surface area contributed by atoms with Crippen LogP contribution in [0.25, 0.3) is 0 Å².